The number of hydrogen-bond donors (Lipinski definition) is 3. The van der Waals surface area contributed by atoms with Crippen molar-refractivity contribution in [3.05, 3.63) is 24.2 Å². The van der Waals surface area contributed by atoms with E-state index in [1.54, 1.807) is 17.1 Å². The fourth-order valence-electron chi connectivity index (χ4n) is 2.73. The molecule has 1 saturated carbocycles. The van der Waals surface area contributed by atoms with Crippen LogP contribution in [-0.4, -0.2) is 32.0 Å². The summed E-state index contributed by atoms with van der Waals surface area (Å²) >= 11 is 0. The molecule has 0 unspecified atom stereocenters. The molecular weight excluding hydrogens is 278 g/mol. The van der Waals surface area contributed by atoms with Crippen molar-refractivity contribution in [1.29, 1.82) is 5.41 Å². The zero-order chi connectivity index (χ0) is 15.4. The molecular formula is C15H21N7. The van der Waals surface area contributed by atoms with Crippen molar-refractivity contribution < 1.29 is 0 Å². The lowest BCUT2D eigenvalue weighted by atomic mass is 9.95. The molecule has 0 radical (unpaired) electrons. The molecule has 2 heterocycles. The Kier molecular flexibility index (Phi) is 4.32. The lowest BCUT2D eigenvalue weighted by Gasteiger charge is -2.24. The summed E-state index contributed by atoms with van der Waals surface area (Å²) < 4.78 is 1.72. The fraction of sp³-hybridized carbons (Fsp3) is 0.467. The Morgan fingerprint density at radius 1 is 1.27 bits per heavy atom. The van der Waals surface area contributed by atoms with E-state index in [4.69, 9.17) is 5.41 Å². The molecule has 0 amide bonds. The quantitative estimate of drug-likeness (QED) is 0.738. The summed E-state index contributed by atoms with van der Waals surface area (Å²) in [6.07, 6.45) is 12.7. The minimum atomic E-state index is 0.439. The number of nitrogens with one attached hydrogen (secondary N) is 3. The average Bonchev–Trinajstić information content (AvgIpc) is 2.94. The Bertz CT molecular complexity index is 643. The lowest BCUT2D eigenvalue weighted by molar-refractivity contribution is 0.462. The van der Waals surface area contributed by atoms with E-state index in [-0.39, 0.29) is 0 Å². The maximum Gasteiger partial charge on any atom is 0.229 e. The largest absolute Gasteiger partial charge is 0.367 e. The third kappa shape index (κ3) is 3.41. The van der Waals surface area contributed by atoms with Gasteiger partial charge in [0.15, 0.2) is 0 Å². The first-order valence-corrected chi connectivity index (χ1v) is 7.64. The van der Waals surface area contributed by atoms with Crippen LogP contribution in [0.25, 0.3) is 0 Å². The third-order valence-corrected chi connectivity index (χ3v) is 3.88. The molecule has 0 bridgehead atoms. The molecule has 1 fully saturated rings. The van der Waals surface area contributed by atoms with Gasteiger partial charge in [0.1, 0.15) is 5.82 Å². The van der Waals surface area contributed by atoms with E-state index in [2.05, 4.69) is 25.7 Å². The topological polar surface area (TPSA) is 91.5 Å². The van der Waals surface area contributed by atoms with Crippen LogP contribution in [0, 0.1) is 5.41 Å². The summed E-state index contributed by atoms with van der Waals surface area (Å²) in [5, 5.41) is 18.2. The minimum Gasteiger partial charge on any atom is -0.367 e. The molecule has 1 aliphatic carbocycles. The maximum absolute atomic E-state index is 7.52. The number of anilines is 3. The van der Waals surface area contributed by atoms with Crippen LogP contribution in [0.5, 0.6) is 0 Å². The predicted molar refractivity (Wildman–Crippen MR) is 86.9 cm³/mol. The molecule has 0 spiro atoms. The predicted octanol–water partition coefficient (Wildman–Crippen LogP) is 2.70. The number of nitrogens with zero attached hydrogens (tertiary/aromatic N) is 4. The van der Waals surface area contributed by atoms with Crippen LogP contribution in [0.3, 0.4) is 0 Å². The van der Waals surface area contributed by atoms with Crippen molar-refractivity contribution in [2.24, 2.45) is 7.05 Å². The number of rotatable bonds is 5. The van der Waals surface area contributed by atoms with Gasteiger partial charge >= 0.3 is 0 Å². The maximum atomic E-state index is 7.52. The van der Waals surface area contributed by atoms with Gasteiger partial charge in [0.25, 0.3) is 0 Å². The molecule has 2 aromatic rings. The molecule has 3 N–H and O–H groups in total. The Morgan fingerprint density at radius 2 is 2.09 bits per heavy atom. The first-order valence-electron chi connectivity index (χ1n) is 7.64. The highest BCUT2D eigenvalue weighted by molar-refractivity contribution is 5.84. The second-order valence-corrected chi connectivity index (χ2v) is 5.65. The van der Waals surface area contributed by atoms with Gasteiger partial charge in [0.2, 0.25) is 5.95 Å². The van der Waals surface area contributed by atoms with Crippen LogP contribution in [0.4, 0.5) is 17.5 Å². The van der Waals surface area contributed by atoms with E-state index in [0.29, 0.717) is 17.6 Å². The first-order chi connectivity index (χ1) is 10.7. The standard InChI is InChI=1S/C15H21N7/c1-22-10-13(9-18-22)20-15-17-8-11(7-16)14(21-15)19-12-5-3-2-4-6-12/h7-10,12,16H,2-6H2,1H3,(H2,17,19,20,21). The van der Waals surface area contributed by atoms with E-state index in [9.17, 15) is 0 Å². The third-order valence-electron chi connectivity index (χ3n) is 3.88. The average molecular weight is 299 g/mol. The molecule has 116 valence electrons. The zero-order valence-electron chi connectivity index (χ0n) is 12.7. The van der Waals surface area contributed by atoms with Crippen molar-refractivity contribution in [2.75, 3.05) is 10.6 Å². The highest BCUT2D eigenvalue weighted by Crippen LogP contribution is 2.23. The summed E-state index contributed by atoms with van der Waals surface area (Å²) in [5.41, 5.74) is 1.55. The lowest BCUT2D eigenvalue weighted by Crippen LogP contribution is -2.24. The van der Waals surface area contributed by atoms with Crippen molar-refractivity contribution in [3.8, 4) is 0 Å². The molecule has 7 nitrogen and oxygen atoms in total. The number of aryl methyl sites for hydroxylation is 1. The van der Waals surface area contributed by atoms with E-state index in [1.165, 1.54) is 25.5 Å². The summed E-state index contributed by atoms with van der Waals surface area (Å²) in [6, 6.07) is 0.439. The van der Waals surface area contributed by atoms with Crippen molar-refractivity contribution >= 4 is 23.7 Å². The van der Waals surface area contributed by atoms with Crippen LogP contribution in [0.1, 0.15) is 37.7 Å². The van der Waals surface area contributed by atoms with Crippen molar-refractivity contribution in [1.82, 2.24) is 19.7 Å². The van der Waals surface area contributed by atoms with Crippen molar-refractivity contribution in [3.63, 3.8) is 0 Å². The molecule has 0 atom stereocenters. The van der Waals surface area contributed by atoms with Gasteiger partial charge < -0.3 is 16.0 Å². The smallest absolute Gasteiger partial charge is 0.229 e. The highest BCUT2D eigenvalue weighted by atomic mass is 15.3. The summed E-state index contributed by atoms with van der Waals surface area (Å²) in [7, 11) is 1.86. The van der Waals surface area contributed by atoms with Gasteiger partial charge in [0, 0.05) is 31.7 Å². The Hall–Kier alpha value is -2.44. The minimum absolute atomic E-state index is 0.439. The van der Waals surface area contributed by atoms with Crippen molar-refractivity contribution in [2.45, 2.75) is 38.1 Å². The fourth-order valence-corrected chi connectivity index (χ4v) is 2.73. The Labute approximate surface area is 129 Å². The van der Waals surface area contributed by atoms with E-state index < -0.39 is 0 Å². The van der Waals surface area contributed by atoms with Crippen LogP contribution in [0.15, 0.2) is 18.6 Å². The van der Waals surface area contributed by atoms with Crippen LogP contribution in [0.2, 0.25) is 0 Å². The number of aromatic nitrogens is 4. The molecule has 0 aromatic carbocycles. The van der Waals surface area contributed by atoms with Crippen LogP contribution < -0.4 is 10.6 Å². The normalized spacial score (nSPS) is 15.5. The van der Waals surface area contributed by atoms with Gasteiger partial charge in [-0.2, -0.15) is 10.1 Å². The van der Waals surface area contributed by atoms with Gasteiger partial charge in [-0.05, 0) is 12.8 Å². The van der Waals surface area contributed by atoms with Crippen LogP contribution in [-0.2, 0) is 7.05 Å². The second-order valence-electron chi connectivity index (χ2n) is 5.65. The molecule has 1 aliphatic rings. The monoisotopic (exact) mass is 299 g/mol. The Balaban J connectivity index is 1.77. The summed E-state index contributed by atoms with van der Waals surface area (Å²) in [6.45, 7) is 0. The van der Waals surface area contributed by atoms with Gasteiger partial charge in [-0.3, -0.25) is 4.68 Å². The second kappa shape index (κ2) is 6.55. The van der Waals surface area contributed by atoms with E-state index in [1.807, 2.05) is 13.2 Å². The zero-order valence-corrected chi connectivity index (χ0v) is 12.7. The van der Waals surface area contributed by atoms with E-state index >= 15 is 0 Å². The van der Waals surface area contributed by atoms with Gasteiger partial charge in [-0.15, -0.1) is 0 Å². The molecule has 2 aromatic heterocycles. The molecule has 7 heteroatoms. The molecule has 22 heavy (non-hydrogen) atoms. The highest BCUT2D eigenvalue weighted by Gasteiger charge is 2.15. The van der Waals surface area contributed by atoms with E-state index in [0.717, 1.165) is 24.3 Å². The summed E-state index contributed by atoms with van der Waals surface area (Å²) in [5.74, 6) is 1.24. The summed E-state index contributed by atoms with van der Waals surface area (Å²) in [4.78, 5) is 8.78. The molecule has 0 aliphatic heterocycles. The van der Waals surface area contributed by atoms with Gasteiger partial charge in [0.05, 0.1) is 17.4 Å². The van der Waals surface area contributed by atoms with Gasteiger partial charge in [-0.25, -0.2) is 4.98 Å². The number of hydrogen-bond acceptors (Lipinski definition) is 6. The Morgan fingerprint density at radius 3 is 2.77 bits per heavy atom. The van der Waals surface area contributed by atoms with Crippen LogP contribution >= 0.6 is 0 Å². The first kappa shape index (κ1) is 14.5. The molecule has 0 saturated heterocycles. The SMILES string of the molecule is Cn1cc(Nc2ncc(C=N)c(NC3CCCCC3)n2)cn1. The molecule has 3 rings (SSSR count). The van der Waals surface area contributed by atoms with Gasteiger partial charge in [-0.1, -0.05) is 19.3 Å².